The lowest BCUT2D eigenvalue weighted by Gasteiger charge is -2.42. The molecule has 2 aromatic rings. The molecular weight excluding hydrogens is 436 g/mol. The van der Waals surface area contributed by atoms with Gasteiger partial charge in [0.05, 0.1) is 12.3 Å². The zero-order valence-corrected chi connectivity index (χ0v) is 20.0. The van der Waals surface area contributed by atoms with Crippen molar-refractivity contribution in [1.29, 1.82) is 0 Å². The lowest BCUT2D eigenvalue weighted by atomic mass is 9.78. The summed E-state index contributed by atoms with van der Waals surface area (Å²) in [6.45, 7) is 7.68. The van der Waals surface area contributed by atoms with Gasteiger partial charge in [-0.05, 0) is 25.3 Å². The summed E-state index contributed by atoms with van der Waals surface area (Å²) in [4.78, 5) is 37.0. The Bertz CT molecular complexity index is 1010. The van der Waals surface area contributed by atoms with Crippen LogP contribution in [0.15, 0.2) is 36.5 Å². The average molecular weight is 469 g/mol. The van der Waals surface area contributed by atoms with Gasteiger partial charge in [0.2, 0.25) is 5.95 Å². The molecule has 1 aromatic carbocycles. The minimum Gasteiger partial charge on any atom is -0.464 e. The first-order valence-corrected chi connectivity index (χ1v) is 11.7. The van der Waals surface area contributed by atoms with E-state index in [4.69, 9.17) is 19.2 Å². The highest BCUT2D eigenvalue weighted by Gasteiger charge is 2.46. The number of ether oxygens (including phenoxy) is 3. The normalized spacial score (nSPS) is 19.7. The fourth-order valence-electron chi connectivity index (χ4n) is 4.40. The number of nitrogens with zero attached hydrogens (tertiary/aromatic N) is 3. The second-order valence-corrected chi connectivity index (χ2v) is 9.23. The van der Waals surface area contributed by atoms with Crippen molar-refractivity contribution in [1.82, 2.24) is 14.9 Å². The highest BCUT2D eigenvalue weighted by Crippen LogP contribution is 2.40. The van der Waals surface area contributed by atoms with E-state index >= 15 is 0 Å². The number of amides is 1. The number of hydrogen-bond acceptors (Lipinski definition) is 8. The third kappa shape index (κ3) is 5.30. The van der Waals surface area contributed by atoms with Crippen LogP contribution in [0.1, 0.15) is 56.5 Å². The van der Waals surface area contributed by atoms with Crippen molar-refractivity contribution in [3.8, 4) is 0 Å². The highest BCUT2D eigenvalue weighted by atomic mass is 16.6. The van der Waals surface area contributed by atoms with Crippen LogP contribution in [0.5, 0.6) is 0 Å². The van der Waals surface area contributed by atoms with E-state index in [-0.39, 0.29) is 25.8 Å². The van der Waals surface area contributed by atoms with E-state index in [1.807, 2.05) is 44.2 Å². The van der Waals surface area contributed by atoms with Crippen LogP contribution in [0, 0.1) is 0 Å². The molecular formula is C25H32N4O5. The van der Waals surface area contributed by atoms with Crippen molar-refractivity contribution in [2.75, 3.05) is 31.7 Å². The Balaban J connectivity index is 1.63. The first kappa shape index (κ1) is 23.9. The first-order valence-electron chi connectivity index (χ1n) is 11.7. The van der Waals surface area contributed by atoms with Gasteiger partial charge in [-0.1, -0.05) is 44.2 Å². The molecule has 34 heavy (non-hydrogen) atoms. The van der Waals surface area contributed by atoms with E-state index in [0.717, 1.165) is 24.0 Å². The predicted molar refractivity (Wildman–Crippen MR) is 125 cm³/mol. The number of hydrogen-bond donors (Lipinski definition) is 1. The van der Waals surface area contributed by atoms with Gasteiger partial charge < -0.3 is 19.5 Å². The topological polar surface area (TPSA) is 103 Å². The molecule has 9 heteroatoms. The number of anilines is 1. The van der Waals surface area contributed by atoms with Crippen molar-refractivity contribution in [2.24, 2.45) is 0 Å². The van der Waals surface area contributed by atoms with Crippen LogP contribution < -0.4 is 5.32 Å². The highest BCUT2D eigenvalue weighted by molar-refractivity contribution is 5.84. The maximum absolute atomic E-state index is 13.2. The van der Waals surface area contributed by atoms with Crippen LogP contribution in [-0.4, -0.2) is 59.3 Å². The second-order valence-electron chi connectivity index (χ2n) is 9.23. The van der Waals surface area contributed by atoms with E-state index in [0.29, 0.717) is 24.9 Å². The van der Waals surface area contributed by atoms with Crippen molar-refractivity contribution in [3.63, 3.8) is 0 Å². The molecule has 9 nitrogen and oxygen atoms in total. The van der Waals surface area contributed by atoms with E-state index in [1.165, 1.54) is 4.90 Å². The minimum absolute atomic E-state index is 0.110. The molecule has 1 N–H and O–H groups in total. The van der Waals surface area contributed by atoms with Gasteiger partial charge in [0.15, 0.2) is 6.04 Å². The molecule has 1 saturated heterocycles. The summed E-state index contributed by atoms with van der Waals surface area (Å²) in [7, 11) is 0. The zero-order valence-electron chi connectivity index (χ0n) is 20.0. The number of benzene rings is 1. The molecule has 1 atom stereocenters. The fourth-order valence-corrected chi connectivity index (χ4v) is 4.40. The van der Waals surface area contributed by atoms with E-state index in [1.54, 1.807) is 13.1 Å². The van der Waals surface area contributed by atoms with Gasteiger partial charge in [0.25, 0.3) is 0 Å². The third-order valence-corrected chi connectivity index (χ3v) is 6.19. The number of nitrogens with one attached hydrogen (secondary N) is 1. The minimum atomic E-state index is -1.01. The van der Waals surface area contributed by atoms with Crippen molar-refractivity contribution in [3.05, 3.63) is 53.3 Å². The number of fused-ring (bicyclic) bond motifs is 1. The predicted octanol–water partition coefficient (Wildman–Crippen LogP) is 3.60. The summed E-state index contributed by atoms with van der Waals surface area (Å²) in [5.41, 5.74) is 1.66. The maximum atomic E-state index is 13.2. The Morgan fingerprint density at radius 3 is 2.62 bits per heavy atom. The van der Waals surface area contributed by atoms with Crippen LogP contribution in [0.25, 0.3) is 0 Å². The summed E-state index contributed by atoms with van der Waals surface area (Å²) in [6.07, 6.45) is 2.87. The van der Waals surface area contributed by atoms with Crippen LogP contribution in [0.2, 0.25) is 0 Å². The number of esters is 1. The zero-order chi connectivity index (χ0) is 24.1. The largest absolute Gasteiger partial charge is 0.464 e. The van der Waals surface area contributed by atoms with Crippen LogP contribution in [0.4, 0.5) is 10.7 Å². The fraction of sp³-hybridized carbons (Fsp3) is 0.520. The summed E-state index contributed by atoms with van der Waals surface area (Å²) in [5.74, 6) is -0.109. The summed E-state index contributed by atoms with van der Waals surface area (Å²) >= 11 is 0. The Kier molecular flexibility index (Phi) is 7.31. The molecule has 3 heterocycles. The number of carbonyl (C=O) groups excluding carboxylic acids is 2. The van der Waals surface area contributed by atoms with Crippen molar-refractivity contribution in [2.45, 2.75) is 57.7 Å². The van der Waals surface area contributed by atoms with Crippen LogP contribution in [-0.2, 0) is 31.0 Å². The Labute approximate surface area is 199 Å². The van der Waals surface area contributed by atoms with E-state index < -0.39 is 23.5 Å². The molecule has 0 spiro atoms. The molecule has 182 valence electrons. The lowest BCUT2D eigenvalue weighted by Crippen LogP contribution is -2.51. The third-order valence-electron chi connectivity index (χ3n) is 6.19. The average Bonchev–Trinajstić information content (AvgIpc) is 2.83. The van der Waals surface area contributed by atoms with Gasteiger partial charge in [-0.2, -0.15) is 0 Å². The molecule has 1 aromatic heterocycles. The molecule has 2 aliphatic heterocycles. The molecule has 2 aliphatic rings. The van der Waals surface area contributed by atoms with E-state index in [2.05, 4.69) is 10.3 Å². The standard InChI is InChI=1S/C25H32N4O5/c1-4-33-22(30)21-20-19(14-26-23(28-20)27-18-10-12-32-13-11-18)25(2,3)16-29(21)24(31)34-15-17-8-6-5-7-9-17/h5-9,14,18,21H,4,10-13,15-16H2,1-3H3,(H,26,27,28). The van der Waals surface area contributed by atoms with Crippen LogP contribution in [0.3, 0.4) is 0 Å². The first-order chi connectivity index (χ1) is 16.4. The van der Waals surface area contributed by atoms with Crippen molar-refractivity contribution < 1.29 is 23.8 Å². The Morgan fingerprint density at radius 2 is 1.91 bits per heavy atom. The number of carbonyl (C=O) groups is 2. The monoisotopic (exact) mass is 468 g/mol. The summed E-state index contributed by atoms with van der Waals surface area (Å²) in [6, 6.07) is 8.61. The summed E-state index contributed by atoms with van der Waals surface area (Å²) in [5, 5.41) is 3.35. The molecule has 0 aliphatic carbocycles. The summed E-state index contributed by atoms with van der Waals surface area (Å²) < 4.78 is 16.4. The van der Waals surface area contributed by atoms with Gasteiger partial charge in [-0.3, -0.25) is 4.90 Å². The van der Waals surface area contributed by atoms with E-state index in [9.17, 15) is 9.59 Å². The molecule has 0 radical (unpaired) electrons. The molecule has 0 bridgehead atoms. The maximum Gasteiger partial charge on any atom is 0.411 e. The quantitative estimate of drug-likeness (QED) is 0.642. The van der Waals surface area contributed by atoms with Gasteiger partial charge in [0, 0.05) is 43.0 Å². The Morgan fingerprint density at radius 1 is 1.18 bits per heavy atom. The molecule has 4 rings (SSSR count). The SMILES string of the molecule is CCOC(=O)C1c2nc(NC3CCOCC3)ncc2C(C)(C)CN1C(=O)OCc1ccccc1. The smallest absolute Gasteiger partial charge is 0.411 e. The molecule has 1 fully saturated rings. The van der Waals surface area contributed by atoms with Crippen molar-refractivity contribution >= 4 is 18.0 Å². The van der Waals surface area contributed by atoms with Crippen LogP contribution >= 0.6 is 0 Å². The number of aromatic nitrogens is 2. The second kappa shape index (κ2) is 10.4. The number of rotatable bonds is 6. The molecule has 1 amide bonds. The van der Waals surface area contributed by atoms with Gasteiger partial charge in [0.1, 0.15) is 6.61 Å². The molecule has 0 saturated carbocycles. The van der Waals surface area contributed by atoms with Gasteiger partial charge in [-0.15, -0.1) is 0 Å². The lowest BCUT2D eigenvalue weighted by molar-refractivity contribution is -0.150. The molecule has 1 unspecified atom stereocenters. The van der Waals surface area contributed by atoms with Gasteiger partial charge >= 0.3 is 12.1 Å². The Hall–Kier alpha value is -3.20. The van der Waals surface area contributed by atoms with Gasteiger partial charge in [-0.25, -0.2) is 19.6 Å².